The van der Waals surface area contributed by atoms with E-state index in [1.807, 2.05) is 56.5 Å². The Morgan fingerprint density at radius 3 is 2.39 bits per heavy atom. The van der Waals surface area contributed by atoms with Gasteiger partial charge < -0.3 is 4.74 Å². The van der Waals surface area contributed by atoms with E-state index in [2.05, 4.69) is 44.2 Å². The molecule has 2 aromatic heterocycles. The number of rotatable bonds is 5. The number of hydrogen-bond acceptors (Lipinski definition) is 4. The molecule has 5 nitrogen and oxygen atoms in total. The van der Waals surface area contributed by atoms with E-state index in [9.17, 15) is 4.79 Å². The standard InChI is InChI=1S/C28H31N3O2/c1-7-24-25(31-26(29-24)18(2)16-19(3)30-31)17-20-12-14-21(15-13-20)22-10-8-9-11-23(22)27(32)33-28(4,5)6/h8-16H,7,17H2,1-6H3. The minimum Gasteiger partial charge on any atom is -0.456 e. The highest BCUT2D eigenvalue weighted by Crippen LogP contribution is 2.27. The number of imidazole rings is 1. The van der Waals surface area contributed by atoms with Gasteiger partial charge in [-0.2, -0.15) is 5.10 Å². The molecule has 0 bridgehead atoms. The second kappa shape index (κ2) is 8.81. The highest BCUT2D eigenvalue weighted by molar-refractivity contribution is 5.97. The molecule has 170 valence electrons. The SMILES string of the molecule is CCc1nc2c(C)cc(C)nn2c1Cc1ccc(-c2ccccc2C(=O)OC(C)(C)C)cc1. The van der Waals surface area contributed by atoms with Crippen molar-refractivity contribution in [2.75, 3.05) is 0 Å². The van der Waals surface area contributed by atoms with Gasteiger partial charge in [0.15, 0.2) is 5.65 Å². The van der Waals surface area contributed by atoms with E-state index in [0.29, 0.717) is 5.56 Å². The lowest BCUT2D eigenvalue weighted by atomic mass is 9.97. The molecule has 4 rings (SSSR count). The summed E-state index contributed by atoms with van der Waals surface area (Å²) in [6.45, 7) is 11.9. The monoisotopic (exact) mass is 441 g/mol. The van der Waals surface area contributed by atoms with Crippen molar-refractivity contribution in [3.8, 4) is 11.1 Å². The van der Waals surface area contributed by atoms with Crippen LogP contribution in [0, 0.1) is 13.8 Å². The molecular formula is C28H31N3O2. The van der Waals surface area contributed by atoms with E-state index in [-0.39, 0.29) is 5.97 Å². The number of aromatic nitrogens is 3. The van der Waals surface area contributed by atoms with Gasteiger partial charge in [0, 0.05) is 6.42 Å². The minimum atomic E-state index is -0.538. The highest BCUT2D eigenvalue weighted by atomic mass is 16.6. The third-order valence-corrected chi connectivity index (χ3v) is 5.58. The molecule has 0 amide bonds. The maximum Gasteiger partial charge on any atom is 0.339 e. The van der Waals surface area contributed by atoms with Crippen molar-refractivity contribution in [3.63, 3.8) is 0 Å². The summed E-state index contributed by atoms with van der Waals surface area (Å²) in [5.74, 6) is -0.308. The number of carbonyl (C=O) groups is 1. The van der Waals surface area contributed by atoms with Crippen molar-refractivity contribution in [2.24, 2.45) is 0 Å². The fraction of sp³-hybridized carbons (Fsp3) is 0.321. The molecule has 0 aliphatic rings. The number of aryl methyl sites for hydroxylation is 3. The molecule has 0 spiro atoms. The summed E-state index contributed by atoms with van der Waals surface area (Å²) in [6, 6.07) is 18.0. The van der Waals surface area contributed by atoms with Crippen LogP contribution in [0.3, 0.4) is 0 Å². The lowest BCUT2D eigenvalue weighted by Gasteiger charge is -2.20. The third-order valence-electron chi connectivity index (χ3n) is 5.58. The van der Waals surface area contributed by atoms with Crippen molar-refractivity contribution in [1.29, 1.82) is 0 Å². The first-order valence-electron chi connectivity index (χ1n) is 11.4. The number of fused-ring (bicyclic) bond motifs is 1. The van der Waals surface area contributed by atoms with Crippen LogP contribution >= 0.6 is 0 Å². The molecule has 0 saturated carbocycles. The van der Waals surface area contributed by atoms with E-state index in [1.54, 1.807) is 0 Å². The maximum atomic E-state index is 12.7. The lowest BCUT2D eigenvalue weighted by molar-refractivity contribution is 0.00704. The number of hydrogen-bond donors (Lipinski definition) is 0. The number of carbonyl (C=O) groups excluding carboxylic acids is 1. The van der Waals surface area contributed by atoms with Gasteiger partial charge in [-0.05, 0) is 75.4 Å². The number of ether oxygens (including phenoxy) is 1. The van der Waals surface area contributed by atoms with Crippen LogP contribution in [-0.4, -0.2) is 26.2 Å². The van der Waals surface area contributed by atoms with Crippen molar-refractivity contribution in [3.05, 3.63) is 88.4 Å². The first-order chi connectivity index (χ1) is 15.7. The normalized spacial score (nSPS) is 11.7. The Morgan fingerprint density at radius 2 is 1.73 bits per heavy atom. The zero-order valence-electron chi connectivity index (χ0n) is 20.3. The summed E-state index contributed by atoms with van der Waals surface area (Å²) in [5, 5.41) is 4.73. The van der Waals surface area contributed by atoms with Crippen LogP contribution in [0.2, 0.25) is 0 Å². The largest absolute Gasteiger partial charge is 0.456 e. The molecule has 2 aromatic carbocycles. The van der Waals surface area contributed by atoms with Crippen molar-refractivity contribution >= 4 is 11.6 Å². The Bertz CT molecular complexity index is 1310. The molecule has 5 heteroatoms. The molecule has 0 atom stereocenters. The summed E-state index contributed by atoms with van der Waals surface area (Å²) in [4.78, 5) is 17.6. The van der Waals surface area contributed by atoms with Gasteiger partial charge in [0.25, 0.3) is 0 Å². The van der Waals surface area contributed by atoms with Gasteiger partial charge in [-0.15, -0.1) is 0 Å². The lowest BCUT2D eigenvalue weighted by Crippen LogP contribution is -2.24. The molecule has 0 N–H and O–H groups in total. The van der Waals surface area contributed by atoms with E-state index in [1.165, 1.54) is 5.56 Å². The van der Waals surface area contributed by atoms with Crippen molar-refractivity contribution < 1.29 is 9.53 Å². The Hall–Kier alpha value is -3.47. The first-order valence-corrected chi connectivity index (χ1v) is 11.4. The predicted octanol–water partition coefficient (Wildman–Crippen LogP) is 6.12. The summed E-state index contributed by atoms with van der Waals surface area (Å²) >= 11 is 0. The zero-order valence-corrected chi connectivity index (χ0v) is 20.3. The summed E-state index contributed by atoms with van der Waals surface area (Å²) in [6.07, 6.45) is 1.60. The topological polar surface area (TPSA) is 56.5 Å². The molecular weight excluding hydrogens is 410 g/mol. The molecule has 0 aliphatic carbocycles. The molecule has 0 unspecified atom stereocenters. The molecule has 0 fully saturated rings. The fourth-order valence-corrected chi connectivity index (χ4v) is 4.12. The summed E-state index contributed by atoms with van der Waals surface area (Å²) < 4.78 is 7.61. The molecule has 0 saturated heterocycles. The van der Waals surface area contributed by atoms with Crippen LogP contribution in [-0.2, 0) is 17.6 Å². The van der Waals surface area contributed by atoms with Gasteiger partial charge in [0.1, 0.15) is 5.60 Å². The average molecular weight is 442 g/mol. The molecule has 0 radical (unpaired) electrons. The molecule has 0 aliphatic heterocycles. The first kappa shape index (κ1) is 22.7. The van der Waals surface area contributed by atoms with Gasteiger partial charge in [-0.25, -0.2) is 14.3 Å². The van der Waals surface area contributed by atoms with Crippen LogP contribution in [0.15, 0.2) is 54.6 Å². The van der Waals surface area contributed by atoms with E-state index >= 15 is 0 Å². The Morgan fingerprint density at radius 1 is 1.03 bits per heavy atom. The smallest absolute Gasteiger partial charge is 0.339 e. The van der Waals surface area contributed by atoms with Crippen molar-refractivity contribution in [2.45, 2.75) is 60.0 Å². The van der Waals surface area contributed by atoms with Crippen LogP contribution in [0.5, 0.6) is 0 Å². The highest BCUT2D eigenvalue weighted by Gasteiger charge is 2.21. The Balaban J connectivity index is 1.66. The van der Waals surface area contributed by atoms with Gasteiger partial charge in [0.2, 0.25) is 0 Å². The average Bonchev–Trinajstić information content (AvgIpc) is 3.11. The van der Waals surface area contributed by atoms with Crippen LogP contribution in [0.4, 0.5) is 0 Å². The quantitative estimate of drug-likeness (QED) is 0.350. The van der Waals surface area contributed by atoms with Gasteiger partial charge in [-0.1, -0.05) is 49.4 Å². The second-order valence-corrected chi connectivity index (χ2v) is 9.48. The summed E-state index contributed by atoms with van der Waals surface area (Å²) in [5.41, 5.74) is 8.31. The van der Waals surface area contributed by atoms with Crippen molar-refractivity contribution in [1.82, 2.24) is 14.6 Å². The molecule has 2 heterocycles. The Labute approximate surface area is 195 Å². The molecule has 33 heavy (non-hydrogen) atoms. The number of esters is 1. The van der Waals surface area contributed by atoms with E-state index < -0.39 is 5.60 Å². The van der Waals surface area contributed by atoms with E-state index in [4.69, 9.17) is 14.8 Å². The molecule has 4 aromatic rings. The zero-order chi connectivity index (χ0) is 23.8. The summed E-state index contributed by atoms with van der Waals surface area (Å²) in [7, 11) is 0. The van der Waals surface area contributed by atoms with Crippen LogP contribution < -0.4 is 0 Å². The Kier molecular flexibility index (Phi) is 6.07. The van der Waals surface area contributed by atoms with Crippen LogP contribution in [0.1, 0.15) is 66.3 Å². The second-order valence-electron chi connectivity index (χ2n) is 9.48. The van der Waals surface area contributed by atoms with Gasteiger partial charge in [0.05, 0.1) is 22.6 Å². The number of benzene rings is 2. The van der Waals surface area contributed by atoms with Gasteiger partial charge in [-0.3, -0.25) is 0 Å². The predicted molar refractivity (Wildman–Crippen MR) is 132 cm³/mol. The fourth-order valence-electron chi connectivity index (χ4n) is 4.12. The maximum absolute atomic E-state index is 12.7. The third kappa shape index (κ3) is 4.82. The number of nitrogens with zero attached hydrogens (tertiary/aromatic N) is 3. The van der Waals surface area contributed by atoms with E-state index in [0.717, 1.165) is 52.3 Å². The minimum absolute atomic E-state index is 0.308. The van der Waals surface area contributed by atoms with Gasteiger partial charge >= 0.3 is 5.97 Å². The van der Waals surface area contributed by atoms with Crippen LogP contribution in [0.25, 0.3) is 16.8 Å².